The number of hydrogen-bond acceptors (Lipinski definition) is 6. The molecule has 0 atom stereocenters. The average molecular weight is 313 g/mol. The van der Waals surface area contributed by atoms with E-state index in [0.717, 1.165) is 11.3 Å². The first-order chi connectivity index (χ1) is 9.42. The van der Waals surface area contributed by atoms with Crippen LogP contribution in [0.15, 0.2) is 28.9 Å². The molecule has 0 spiro atoms. The van der Waals surface area contributed by atoms with Crippen molar-refractivity contribution in [3.63, 3.8) is 0 Å². The Bertz CT molecular complexity index is 725. The maximum Gasteiger partial charge on any atom is 0.347 e. The molecule has 2 heterocycles. The Labute approximate surface area is 119 Å². The summed E-state index contributed by atoms with van der Waals surface area (Å²) < 4.78 is 26.7. The summed E-state index contributed by atoms with van der Waals surface area (Å²) >= 11 is 0.888. The normalized spacial score (nSPS) is 11.4. The second kappa shape index (κ2) is 5.65. The van der Waals surface area contributed by atoms with Gasteiger partial charge in [0, 0.05) is 6.20 Å². The van der Waals surface area contributed by atoms with Gasteiger partial charge in [0.1, 0.15) is 16.1 Å². The summed E-state index contributed by atoms with van der Waals surface area (Å²) in [5.74, 6) is -1.26. The molecule has 2 aromatic rings. The lowest BCUT2D eigenvalue weighted by Gasteiger charge is -2.07. The minimum absolute atomic E-state index is 0.0286. The van der Waals surface area contributed by atoms with Crippen molar-refractivity contribution in [1.29, 1.82) is 0 Å². The van der Waals surface area contributed by atoms with Gasteiger partial charge in [-0.3, -0.25) is 0 Å². The van der Waals surface area contributed by atoms with E-state index < -0.39 is 16.0 Å². The Morgan fingerprint density at radius 2 is 2.25 bits per heavy atom. The summed E-state index contributed by atoms with van der Waals surface area (Å²) in [6, 6.07) is 1.57. The molecule has 2 N–H and O–H groups in total. The Hall–Kier alpha value is -1.84. The predicted molar refractivity (Wildman–Crippen MR) is 72.1 cm³/mol. The number of hydrogen-bond donors (Lipinski definition) is 2. The van der Waals surface area contributed by atoms with E-state index in [4.69, 9.17) is 5.11 Å². The van der Waals surface area contributed by atoms with Crippen LogP contribution in [-0.4, -0.2) is 29.5 Å². The van der Waals surface area contributed by atoms with Gasteiger partial charge in [0.05, 0.1) is 12.2 Å². The van der Waals surface area contributed by atoms with Crippen LogP contribution in [0.5, 0.6) is 0 Å². The van der Waals surface area contributed by atoms with E-state index in [2.05, 4.69) is 14.7 Å². The minimum atomic E-state index is -3.90. The SMILES string of the molecule is Cc1csc(C(=O)O)c1S(=O)(=O)NCc1ccncn1. The molecule has 7 nitrogen and oxygen atoms in total. The van der Waals surface area contributed by atoms with Gasteiger partial charge in [0.25, 0.3) is 0 Å². The lowest BCUT2D eigenvalue weighted by atomic mass is 10.3. The van der Waals surface area contributed by atoms with Gasteiger partial charge >= 0.3 is 5.97 Å². The summed E-state index contributed by atoms with van der Waals surface area (Å²) in [6.45, 7) is 1.53. The van der Waals surface area contributed by atoms with Crippen molar-refractivity contribution in [3.05, 3.63) is 40.1 Å². The quantitative estimate of drug-likeness (QED) is 0.853. The number of rotatable bonds is 5. The van der Waals surface area contributed by atoms with E-state index in [1.165, 1.54) is 17.9 Å². The number of sulfonamides is 1. The molecule has 2 rings (SSSR count). The first kappa shape index (κ1) is 14.6. The van der Waals surface area contributed by atoms with Gasteiger partial charge in [-0.15, -0.1) is 11.3 Å². The number of carboxylic acid groups (broad SMARTS) is 1. The second-order valence-corrected chi connectivity index (χ2v) is 6.49. The highest BCUT2D eigenvalue weighted by atomic mass is 32.2. The Morgan fingerprint density at radius 3 is 2.85 bits per heavy atom. The second-order valence-electron chi connectivity index (χ2n) is 3.91. The number of carboxylic acids is 1. The Morgan fingerprint density at radius 1 is 1.50 bits per heavy atom. The number of nitrogens with zero attached hydrogens (tertiary/aromatic N) is 2. The highest BCUT2D eigenvalue weighted by Gasteiger charge is 2.26. The van der Waals surface area contributed by atoms with Crippen molar-refractivity contribution in [3.8, 4) is 0 Å². The molecule has 0 radical (unpaired) electrons. The molecule has 0 amide bonds. The van der Waals surface area contributed by atoms with Crippen molar-refractivity contribution in [1.82, 2.24) is 14.7 Å². The Kier molecular flexibility index (Phi) is 4.12. The number of nitrogens with one attached hydrogen (secondary N) is 1. The van der Waals surface area contributed by atoms with Gasteiger partial charge < -0.3 is 5.11 Å². The zero-order chi connectivity index (χ0) is 14.8. The van der Waals surface area contributed by atoms with Crippen molar-refractivity contribution < 1.29 is 18.3 Å². The number of aryl methyl sites for hydroxylation is 1. The highest BCUT2D eigenvalue weighted by Crippen LogP contribution is 2.26. The van der Waals surface area contributed by atoms with Crippen LogP contribution in [0, 0.1) is 6.92 Å². The maximum atomic E-state index is 12.2. The standard InChI is InChI=1S/C11H11N3O4S2/c1-7-5-19-9(11(15)16)10(7)20(17,18)14-4-8-2-3-12-6-13-8/h2-3,5-6,14H,4H2,1H3,(H,15,16). The zero-order valence-corrected chi connectivity index (χ0v) is 12.0. The van der Waals surface area contributed by atoms with E-state index in [1.807, 2.05) is 0 Å². The van der Waals surface area contributed by atoms with Gasteiger partial charge in [0.15, 0.2) is 0 Å². The van der Waals surface area contributed by atoms with Crippen LogP contribution in [0.4, 0.5) is 0 Å². The van der Waals surface area contributed by atoms with Crippen LogP contribution in [0.2, 0.25) is 0 Å². The van der Waals surface area contributed by atoms with Crippen LogP contribution >= 0.6 is 11.3 Å². The molecule has 0 aliphatic heterocycles. The van der Waals surface area contributed by atoms with E-state index in [9.17, 15) is 13.2 Å². The first-order valence-electron chi connectivity index (χ1n) is 5.48. The van der Waals surface area contributed by atoms with Crippen LogP contribution in [-0.2, 0) is 16.6 Å². The predicted octanol–water partition coefficient (Wildman–Crippen LogP) is 1.02. The fraction of sp³-hybridized carbons (Fsp3) is 0.182. The molecule has 0 saturated carbocycles. The van der Waals surface area contributed by atoms with Crippen molar-refractivity contribution in [2.75, 3.05) is 0 Å². The molecule has 106 valence electrons. The van der Waals surface area contributed by atoms with Crippen molar-refractivity contribution >= 4 is 27.3 Å². The van der Waals surface area contributed by atoms with E-state index in [-0.39, 0.29) is 16.3 Å². The molecule has 0 aliphatic carbocycles. The zero-order valence-electron chi connectivity index (χ0n) is 10.4. The fourth-order valence-electron chi connectivity index (χ4n) is 1.58. The van der Waals surface area contributed by atoms with Gasteiger partial charge in [-0.2, -0.15) is 0 Å². The third-order valence-electron chi connectivity index (χ3n) is 2.47. The Balaban J connectivity index is 2.27. The van der Waals surface area contributed by atoms with Crippen LogP contribution < -0.4 is 4.72 Å². The fourth-order valence-corrected chi connectivity index (χ4v) is 4.20. The average Bonchev–Trinajstić information content (AvgIpc) is 2.81. The largest absolute Gasteiger partial charge is 0.477 e. The number of aromatic carboxylic acids is 1. The molecule has 0 aliphatic rings. The van der Waals surface area contributed by atoms with Gasteiger partial charge in [-0.1, -0.05) is 0 Å². The monoisotopic (exact) mass is 313 g/mol. The summed E-state index contributed by atoms with van der Waals surface area (Å²) in [4.78, 5) is 18.3. The van der Waals surface area contributed by atoms with Crippen LogP contribution in [0.25, 0.3) is 0 Å². The summed E-state index contributed by atoms with van der Waals surface area (Å²) in [5, 5.41) is 10.5. The van der Waals surface area contributed by atoms with Gasteiger partial charge in [-0.25, -0.2) is 27.9 Å². The number of thiophene rings is 1. The van der Waals surface area contributed by atoms with Crippen LogP contribution in [0.3, 0.4) is 0 Å². The molecular weight excluding hydrogens is 302 g/mol. The van der Waals surface area contributed by atoms with Gasteiger partial charge in [-0.05, 0) is 23.9 Å². The third kappa shape index (κ3) is 3.00. The van der Waals surface area contributed by atoms with Crippen LogP contribution in [0.1, 0.15) is 20.9 Å². The summed E-state index contributed by atoms with van der Waals surface area (Å²) in [6.07, 6.45) is 2.80. The highest BCUT2D eigenvalue weighted by molar-refractivity contribution is 7.89. The van der Waals surface area contributed by atoms with E-state index >= 15 is 0 Å². The molecule has 9 heteroatoms. The number of aromatic nitrogens is 2. The summed E-state index contributed by atoms with van der Waals surface area (Å²) in [5.41, 5.74) is 0.899. The number of carbonyl (C=O) groups is 1. The molecule has 0 bridgehead atoms. The first-order valence-corrected chi connectivity index (χ1v) is 7.84. The molecule has 2 aromatic heterocycles. The van der Waals surface area contributed by atoms with Crippen molar-refractivity contribution in [2.24, 2.45) is 0 Å². The maximum absolute atomic E-state index is 12.2. The third-order valence-corrected chi connectivity index (χ3v) is 5.27. The molecule has 0 saturated heterocycles. The topological polar surface area (TPSA) is 109 Å². The molecule has 0 fully saturated rings. The molecule has 0 unspecified atom stereocenters. The van der Waals surface area contributed by atoms with Gasteiger partial charge in [0.2, 0.25) is 10.0 Å². The lowest BCUT2D eigenvalue weighted by Crippen LogP contribution is -2.25. The molecular formula is C11H11N3O4S2. The van der Waals surface area contributed by atoms with Crippen molar-refractivity contribution in [2.45, 2.75) is 18.4 Å². The summed E-state index contributed by atoms with van der Waals surface area (Å²) in [7, 11) is -3.90. The smallest absolute Gasteiger partial charge is 0.347 e. The molecule has 0 aromatic carbocycles. The van der Waals surface area contributed by atoms with E-state index in [1.54, 1.807) is 13.0 Å². The lowest BCUT2D eigenvalue weighted by molar-refractivity contribution is 0.0698. The molecule has 20 heavy (non-hydrogen) atoms. The van der Waals surface area contributed by atoms with E-state index in [0.29, 0.717) is 11.3 Å². The minimum Gasteiger partial charge on any atom is -0.477 e.